The standard InChI is InChI=1S/C18H14ClN/c1-13-6-11-18-15(12-13)8-10-16(20-18)9-7-14-4-2-3-5-17(14)19/h2-12H,1H3. The van der Waals surface area contributed by atoms with Gasteiger partial charge in [-0.05, 0) is 42.8 Å². The molecule has 0 fully saturated rings. The van der Waals surface area contributed by atoms with Gasteiger partial charge < -0.3 is 0 Å². The second-order valence-electron chi connectivity index (χ2n) is 4.79. The van der Waals surface area contributed by atoms with Gasteiger partial charge in [0, 0.05) is 10.4 Å². The van der Waals surface area contributed by atoms with Crippen LogP contribution in [0.3, 0.4) is 0 Å². The van der Waals surface area contributed by atoms with E-state index in [0.29, 0.717) is 0 Å². The highest BCUT2D eigenvalue weighted by atomic mass is 35.5. The summed E-state index contributed by atoms with van der Waals surface area (Å²) in [6.07, 6.45) is 3.98. The van der Waals surface area contributed by atoms with Crippen molar-refractivity contribution in [2.75, 3.05) is 0 Å². The van der Waals surface area contributed by atoms with Gasteiger partial charge in [0.15, 0.2) is 0 Å². The van der Waals surface area contributed by atoms with Gasteiger partial charge in [0.2, 0.25) is 0 Å². The van der Waals surface area contributed by atoms with Crippen molar-refractivity contribution in [2.24, 2.45) is 0 Å². The first-order valence-corrected chi connectivity index (χ1v) is 6.90. The van der Waals surface area contributed by atoms with Gasteiger partial charge in [-0.25, -0.2) is 4.98 Å². The Morgan fingerprint density at radius 3 is 2.65 bits per heavy atom. The number of pyridine rings is 1. The first-order chi connectivity index (χ1) is 9.72. The summed E-state index contributed by atoms with van der Waals surface area (Å²) in [7, 11) is 0. The Labute approximate surface area is 123 Å². The van der Waals surface area contributed by atoms with E-state index in [0.717, 1.165) is 21.8 Å². The molecule has 20 heavy (non-hydrogen) atoms. The van der Waals surface area contributed by atoms with Crippen molar-refractivity contribution in [3.63, 3.8) is 0 Å². The molecule has 1 aromatic heterocycles. The zero-order valence-electron chi connectivity index (χ0n) is 11.2. The van der Waals surface area contributed by atoms with Gasteiger partial charge in [-0.2, -0.15) is 0 Å². The van der Waals surface area contributed by atoms with Crippen LogP contribution in [0, 0.1) is 6.92 Å². The Balaban J connectivity index is 1.95. The molecule has 0 N–H and O–H groups in total. The zero-order valence-corrected chi connectivity index (χ0v) is 11.9. The van der Waals surface area contributed by atoms with Crippen molar-refractivity contribution in [2.45, 2.75) is 6.92 Å². The third-order valence-electron chi connectivity index (χ3n) is 3.21. The highest BCUT2D eigenvalue weighted by Gasteiger charge is 1.97. The van der Waals surface area contributed by atoms with E-state index in [1.165, 1.54) is 10.9 Å². The average Bonchev–Trinajstić information content (AvgIpc) is 2.46. The Morgan fingerprint density at radius 1 is 0.950 bits per heavy atom. The van der Waals surface area contributed by atoms with Gasteiger partial charge in [0.25, 0.3) is 0 Å². The number of hydrogen-bond acceptors (Lipinski definition) is 1. The molecule has 0 amide bonds. The van der Waals surface area contributed by atoms with E-state index < -0.39 is 0 Å². The number of halogens is 1. The maximum Gasteiger partial charge on any atom is 0.0709 e. The molecule has 98 valence electrons. The number of aryl methyl sites for hydroxylation is 1. The summed E-state index contributed by atoms with van der Waals surface area (Å²) in [5.41, 5.74) is 4.19. The minimum Gasteiger partial charge on any atom is -0.248 e. The lowest BCUT2D eigenvalue weighted by atomic mass is 10.1. The molecular formula is C18H14ClN. The van der Waals surface area contributed by atoms with E-state index in [9.17, 15) is 0 Å². The molecule has 1 heterocycles. The van der Waals surface area contributed by atoms with E-state index in [-0.39, 0.29) is 0 Å². The van der Waals surface area contributed by atoms with E-state index in [2.05, 4.69) is 36.2 Å². The van der Waals surface area contributed by atoms with E-state index in [1.807, 2.05) is 42.5 Å². The molecule has 0 unspecified atom stereocenters. The van der Waals surface area contributed by atoms with Gasteiger partial charge in [0.1, 0.15) is 0 Å². The smallest absolute Gasteiger partial charge is 0.0709 e. The van der Waals surface area contributed by atoms with Crippen LogP contribution in [0.4, 0.5) is 0 Å². The lowest BCUT2D eigenvalue weighted by Gasteiger charge is -2.01. The monoisotopic (exact) mass is 279 g/mol. The van der Waals surface area contributed by atoms with Crippen molar-refractivity contribution in [1.82, 2.24) is 4.98 Å². The Hall–Kier alpha value is -2.12. The fourth-order valence-corrected chi connectivity index (χ4v) is 2.34. The van der Waals surface area contributed by atoms with Crippen LogP contribution in [0.25, 0.3) is 23.1 Å². The van der Waals surface area contributed by atoms with Gasteiger partial charge >= 0.3 is 0 Å². The molecular weight excluding hydrogens is 266 g/mol. The van der Waals surface area contributed by atoms with Crippen LogP contribution >= 0.6 is 11.6 Å². The summed E-state index contributed by atoms with van der Waals surface area (Å²) in [5.74, 6) is 0. The van der Waals surface area contributed by atoms with Crippen molar-refractivity contribution in [1.29, 1.82) is 0 Å². The molecule has 0 spiro atoms. The molecule has 2 aromatic carbocycles. The highest BCUT2D eigenvalue weighted by Crippen LogP contribution is 2.19. The molecule has 2 heteroatoms. The van der Waals surface area contributed by atoms with Crippen molar-refractivity contribution >= 4 is 34.7 Å². The predicted octanol–water partition coefficient (Wildman–Crippen LogP) is 5.37. The van der Waals surface area contributed by atoms with Crippen LogP contribution in [0.15, 0.2) is 54.6 Å². The van der Waals surface area contributed by atoms with Gasteiger partial charge in [-0.3, -0.25) is 0 Å². The number of hydrogen-bond donors (Lipinski definition) is 0. The molecule has 0 radical (unpaired) electrons. The maximum absolute atomic E-state index is 6.13. The SMILES string of the molecule is Cc1ccc2nc(C=Cc3ccccc3Cl)ccc2c1. The second-order valence-corrected chi connectivity index (χ2v) is 5.19. The summed E-state index contributed by atoms with van der Waals surface area (Å²) in [4.78, 5) is 4.63. The minimum atomic E-state index is 0.750. The van der Waals surface area contributed by atoms with E-state index in [1.54, 1.807) is 0 Å². The Kier molecular flexibility index (Phi) is 3.53. The molecule has 0 saturated carbocycles. The third-order valence-corrected chi connectivity index (χ3v) is 3.55. The van der Waals surface area contributed by atoms with Gasteiger partial charge in [0.05, 0.1) is 11.2 Å². The number of rotatable bonds is 2. The Bertz CT molecular complexity index is 790. The fraction of sp³-hybridized carbons (Fsp3) is 0.0556. The van der Waals surface area contributed by atoms with Crippen LogP contribution in [0.5, 0.6) is 0 Å². The zero-order chi connectivity index (χ0) is 13.9. The molecule has 0 aliphatic heterocycles. The Morgan fingerprint density at radius 2 is 1.80 bits per heavy atom. The van der Waals surface area contributed by atoms with Crippen LogP contribution in [-0.4, -0.2) is 4.98 Å². The molecule has 0 saturated heterocycles. The average molecular weight is 280 g/mol. The summed E-state index contributed by atoms with van der Waals surface area (Å²) in [5, 5.41) is 1.92. The summed E-state index contributed by atoms with van der Waals surface area (Å²) < 4.78 is 0. The van der Waals surface area contributed by atoms with Crippen molar-refractivity contribution in [3.8, 4) is 0 Å². The highest BCUT2D eigenvalue weighted by molar-refractivity contribution is 6.32. The second kappa shape index (κ2) is 5.48. The molecule has 0 atom stereocenters. The molecule has 0 aliphatic carbocycles. The third kappa shape index (κ3) is 2.73. The van der Waals surface area contributed by atoms with Crippen molar-refractivity contribution in [3.05, 3.63) is 76.4 Å². The summed E-state index contributed by atoms with van der Waals surface area (Å²) in [6, 6.07) is 18.2. The first kappa shape index (κ1) is 12.9. The lowest BCUT2D eigenvalue weighted by Crippen LogP contribution is -1.84. The molecule has 0 aliphatic rings. The fourth-order valence-electron chi connectivity index (χ4n) is 2.14. The van der Waals surface area contributed by atoms with Crippen LogP contribution in [0.2, 0.25) is 5.02 Å². The molecule has 3 aromatic rings. The van der Waals surface area contributed by atoms with E-state index in [4.69, 9.17) is 11.6 Å². The maximum atomic E-state index is 6.13. The van der Waals surface area contributed by atoms with Crippen molar-refractivity contribution < 1.29 is 0 Å². The molecule has 1 nitrogen and oxygen atoms in total. The van der Waals surface area contributed by atoms with E-state index >= 15 is 0 Å². The lowest BCUT2D eigenvalue weighted by molar-refractivity contribution is 1.36. The quantitative estimate of drug-likeness (QED) is 0.615. The topological polar surface area (TPSA) is 12.9 Å². The molecule has 3 rings (SSSR count). The van der Waals surface area contributed by atoms with Crippen LogP contribution < -0.4 is 0 Å². The number of benzene rings is 2. The van der Waals surface area contributed by atoms with Gasteiger partial charge in [-0.1, -0.05) is 53.6 Å². The largest absolute Gasteiger partial charge is 0.248 e. The summed E-state index contributed by atoms with van der Waals surface area (Å²) in [6.45, 7) is 2.09. The first-order valence-electron chi connectivity index (χ1n) is 6.52. The van der Waals surface area contributed by atoms with Gasteiger partial charge in [-0.15, -0.1) is 0 Å². The van der Waals surface area contributed by atoms with Crippen LogP contribution in [0.1, 0.15) is 16.8 Å². The molecule has 0 bridgehead atoms. The van der Waals surface area contributed by atoms with Crippen LogP contribution in [-0.2, 0) is 0 Å². The summed E-state index contributed by atoms with van der Waals surface area (Å²) >= 11 is 6.13. The number of nitrogens with zero attached hydrogens (tertiary/aromatic N) is 1. The normalized spacial score (nSPS) is 11.3. The minimum absolute atomic E-state index is 0.750. The number of fused-ring (bicyclic) bond motifs is 1. The number of aromatic nitrogens is 1. The predicted molar refractivity (Wildman–Crippen MR) is 86.9 cm³/mol.